The van der Waals surface area contributed by atoms with Crippen LogP contribution in [0.1, 0.15) is 70.4 Å². The van der Waals surface area contributed by atoms with Gasteiger partial charge in [-0.25, -0.2) is 0 Å². The summed E-state index contributed by atoms with van der Waals surface area (Å²) >= 11 is 0. The molecule has 2 rings (SSSR count). The number of benzene rings is 2. The fourth-order valence-corrected chi connectivity index (χ4v) is 3.03. The Labute approximate surface area is 168 Å². The van der Waals surface area contributed by atoms with Gasteiger partial charge in [-0.1, -0.05) is 58.9 Å². The van der Waals surface area contributed by atoms with Gasteiger partial charge in [0.25, 0.3) is 0 Å². The van der Waals surface area contributed by atoms with Gasteiger partial charge in [0.05, 0.1) is 0 Å². The summed E-state index contributed by atoms with van der Waals surface area (Å²) < 4.78 is 0. The molecule has 4 nitrogen and oxygen atoms in total. The first-order valence-electron chi connectivity index (χ1n) is 10.0. The van der Waals surface area contributed by atoms with Gasteiger partial charge < -0.3 is 10.6 Å². The van der Waals surface area contributed by atoms with Crippen LogP contribution in [0.25, 0.3) is 0 Å². The SMILES string of the molecule is CC(CC(=O)Nc1ccc(C(C)C)cc1)CC(=O)Nc1ccc(C(C)C)cc1. The zero-order chi connectivity index (χ0) is 20.7. The van der Waals surface area contributed by atoms with E-state index in [0.29, 0.717) is 24.7 Å². The van der Waals surface area contributed by atoms with E-state index in [-0.39, 0.29) is 17.7 Å². The lowest BCUT2D eigenvalue weighted by Gasteiger charge is -2.13. The molecule has 2 aromatic carbocycles. The zero-order valence-corrected chi connectivity index (χ0v) is 17.6. The Morgan fingerprint density at radius 2 is 0.964 bits per heavy atom. The maximum atomic E-state index is 12.2. The van der Waals surface area contributed by atoms with E-state index in [2.05, 4.69) is 38.3 Å². The minimum absolute atomic E-state index is 0.0372. The molecule has 0 fully saturated rings. The van der Waals surface area contributed by atoms with E-state index in [4.69, 9.17) is 0 Å². The molecule has 0 aliphatic heterocycles. The number of rotatable bonds is 8. The second-order valence-corrected chi connectivity index (χ2v) is 8.16. The van der Waals surface area contributed by atoms with Crippen LogP contribution in [-0.2, 0) is 9.59 Å². The minimum atomic E-state index is -0.0705. The number of anilines is 2. The van der Waals surface area contributed by atoms with E-state index >= 15 is 0 Å². The van der Waals surface area contributed by atoms with Crippen LogP contribution in [0.3, 0.4) is 0 Å². The molecule has 2 N–H and O–H groups in total. The van der Waals surface area contributed by atoms with Crippen molar-refractivity contribution in [3.05, 3.63) is 59.7 Å². The molecule has 0 radical (unpaired) electrons. The molecular formula is C24H32N2O2. The molecule has 4 heteroatoms. The number of nitrogens with one attached hydrogen (secondary N) is 2. The third kappa shape index (κ3) is 6.84. The number of amides is 2. The first-order chi connectivity index (χ1) is 13.2. The maximum absolute atomic E-state index is 12.2. The van der Waals surface area contributed by atoms with Crippen LogP contribution >= 0.6 is 0 Å². The van der Waals surface area contributed by atoms with Crippen LogP contribution < -0.4 is 10.6 Å². The summed E-state index contributed by atoms with van der Waals surface area (Å²) in [5, 5.41) is 5.82. The Balaban J connectivity index is 1.79. The molecule has 0 unspecified atom stereocenters. The molecule has 0 saturated carbocycles. The first-order valence-corrected chi connectivity index (χ1v) is 10.0. The van der Waals surface area contributed by atoms with Crippen molar-refractivity contribution < 1.29 is 9.59 Å². The smallest absolute Gasteiger partial charge is 0.224 e. The number of hydrogen-bond acceptors (Lipinski definition) is 2. The molecule has 0 heterocycles. The highest BCUT2D eigenvalue weighted by Crippen LogP contribution is 2.19. The first kappa shape index (κ1) is 21.7. The van der Waals surface area contributed by atoms with E-state index in [1.165, 1.54) is 11.1 Å². The highest BCUT2D eigenvalue weighted by atomic mass is 16.2. The molecule has 0 aromatic heterocycles. The lowest BCUT2D eigenvalue weighted by atomic mass is 10.0. The van der Waals surface area contributed by atoms with E-state index < -0.39 is 0 Å². The Morgan fingerprint density at radius 1 is 0.643 bits per heavy atom. The van der Waals surface area contributed by atoms with Crippen molar-refractivity contribution in [1.29, 1.82) is 0 Å². The summed E-state index contributed by atoms with van der Waals surface area (Å²) in [6.07, 6.45) is 0.622. The topological polar surface area (TPSA) is 58.2 Å². The molecule has 28 heavy (non-hydrogen) atoms. The van der Waals surface area contributed by atoms with Crippen molar-refractivity contribution in [3.8, 4) is 0 Å². The van der Waals surface area contributed by atoms with Gasteiger partial charge in [-0.15, -0.1) is 0 Å². The molecule has 0 bridgehead atoms. The molecule has 0 atom stereocenters. The van der Waals surface area contributed by atoms with Gasteiger partial charge in [-0.2, -0.15) is 0 Å². The quantitative estimate of drug-likeness (QED) is 0.596. The van der Waals surface area contributed by atoms with Crippen molar-refractivity contribution in [2.45, 2.75) is 59.3 Å². The van der Waals surface area contributed by atoms with Crippen LogP contribution in [0.5, 0.6) is 0 Å². The fraction of sp³-hybridized carbons (Fsp3) is 0.417. The third-order valence-electron chi connectivity index (χ3n) is 4.79. The van der Waals surface area contributed by atoms with Crippen LogP contribution in [0, 0.1) is 5.92 Å². The normalized spacial score (nSPS) is 11.1. The van der Waals surface area contributed by atoms with Crippen LogP contribution in [0.15, 0.2) is 48.5 Å². The second-order valence-electron chi connectivity index (χ2n) is 8.16. The molecular weight excluding hydrogens is 348 g/mol. The maximum Gasteiger partial charge on any atom is 0.224 e. The van der Waals surface area contributed by atoms with Gasteiger partial charge in [0.1, 0.15) is 0 Å². The Hall–Kier alpha value is -2.62. The van der Waals surface area contributed by atoms with Gasteiger partial charge in [0.15, 0.2) is 0 Å². The van der Waals surface area contributed by atoms with E-state index in [0.717, 1.165) is 11.4 Å². The van der Waals surface area contributed by atoms with Gasteiger partial charge in [0.2, 0.25) is 11.8 Å². The van der Waals surface area contributed by atoms with E-state index in [1.54, 1.807) is 0 Å². The number of carbonyl (C=O) groups is 2. The van der Waals surface area contributed by atoms with Crippen molar-refractivity contribution in [1.82, 2.24) is 0 Å². The van der Waals surface area contributed by atoms with Gasteiger partial charge >= 0.3 is 0 Å². The summed E-state index contributed by atoms with van der Waals surface area (Å²) in [6, 6.07) is 15.8. The standard InChI is InChI=1S/C24H32N2O2/c1-16(2)19-6-10-21(11-7-19)25-23(27)14-18(5)15-24(28)26-22-12-8-20(9-13-22)17(3)4/h6-13,16-18H,14-15H2,1-5H3,(H,25,27)(H,26,28). The van der Waals surface area contributed by atoms with E-state index in [9.17, 15) is 9.59 Å². The average Bonchev–Trinajstić information content (AvgIpc) is 2.62. The predicted molar refractivity (Wildman–Crippen MR) is 117 cm³/mol. The third-order valence-corrected chi connectivity index (χ3v) is 4.79. The summed E-state index contributed by atoms with van der Waals surface area (Å²) in [4.78, 5) is 24.5. The van der Waals surface area contributed by atoms with Gasteiger partial charge in [-0.3, -0.25) is 9.59 Å². The molecule has 0 saturated heterocycles. The van der Waals surface area contributed by atoms with Crippen molar-refractivity contribution in [2.24, 2.45) is 5.92 Å². The van der Waals surface area contributed by atoms with Gasteiger partial charge in [-0.05, 0) is 53.1 Å². The van der Waals surface area contributed by atoms with Crippen LogP contribution in [-0.4, -0.2) is 11.8 Å². The van der Waals surface area contributed by atoms with Crippen LogP contribution in [0.4, 0.5) is 11.4 Å². The number of hydrogen-bond donors (Lipinski definition) is 2. The molecule has 2 aromatic rings. The summed E-state index contributed by atoms with van der Waals surface area (Å²) in [7, 11) is 0. The predicted octanol–water partition coefficient (Wildman–Crippen LogP) is 5.93. The Bertz CT molecular complexity index is 710. The van der Waals surface area contributed by atoms with Crippen molar-refractivity contribution in [3.63, 3.8) is 0 Å². The molecule has 2 amide bonds. The molecule has 0 aliphatic carbocycles. The van der Waals surface area contributed by atoms with Crippen LogP contribution in [0.2, 0.25) is 0 Å². The Morgan fingerprint density at radius 3 is 1.25 bits per heavy atom. The van der Waals surface area contributed by atoms with Crippen molar-refractivity contribution >= 4 is 23.2 Å². The molecule has 150 valence electrons. The lowest BCUT2D eigenvalue weighted by Crippen LogP contribution is -2.20. The zero-order valence-electron chi connectivity index (χ0n) is 17.6. The monoisotopic (exact) mass is 380 g/mol. The summed E-state index contributed by atoms with van der Waals surface area (Å²) in [5.41, 5.74) is 4.06. The minimum Gasteiger partial charge on any atom is -0.326 e. The summed E-state index contributed by atoms with van der Waals surface area (Å²) in [6.45, 7) is 10.5. The molecule has 0 spiro atoms. The number of carbonyl (C=O) groups excluding carboxylic acids is 2. The van der Waals surface area contributed by atoms with Crippen molar-refractivity contribution in [2.75, 3.05) is 10.6 Å². The fourth-order valence-electron chi connectivity index (χ4n) is 3.03. The largest absolute Gasteiger partial charge is 0.326 e. The lowest BCUT2D eigenvalue weighted by molar-refractivity contribution is -0.118. The highest BCUT2D eigenvalue weighted by Gasteiger charge is 2.14. The molecule has 0 aliphatic rings. The highest BCUT2D eigenvalue weighted by molar-refractivity contribution is 5.93. The summed E-state index contributed by atoms with van der Waals surface area (Å²) in [5.74, 6) is 0.748. The van der Waals surface area contributed by atoms with Gasteiger partial charge in [0, 0.05) is 24.2 Å². The average molecular weight is 381 g/mol. The van der Waals surface area contributed by atoms with E-state index in [1.807, 2.05) is 55.5 Å². The second kappa shape index (κ2) is 10.1. The Kier molecular flexibility index (Phi) is 7.80.